The molecule has 2 N–H and O–H groups in total. The van der Waals surface area contributed by atoms with Crippen LogP contribution < -0.4 is 10.2 Å². The van der Waals surface area contributed by atoms with Crippen LogP contribution in [0, 0.1) is 12.3 Å². The van der Waals surface area contributed by atoms with Crippen LogP contribution in [0.2, 0.25) is 0 Å². The first-order chi connectivity index (χ1) is 14.6. The zero-order chi connectivity index (χ0) is 22.4. The summed E-state index contributed by atoms with van der Waals surface area (Å²) >= 11 is 0. The van der Waals surface area contributed by atoms with E-state index < -0.39 is 10.0 Å². The van der Waals surface area contributed by atoms with Crippen molar-refractivity contribution in [2.24, 2.45) is 0 Å². The summed E-state index contributed by atoms with van der Waals surface area (Å²) in [6.07, 6.45) is 4.15. The number of nitrogens with one attached hydrogen (secondary N) is 2. The van der Waals surface area contributed by atoms with Gasteiger partial charge in [-0.1, -0.05) is 29.2 Å². The average Bonchev–Trinajstić information content (AvgIpc) is 3.47. The first-order valence-electron chi connectivity index (χ1n) is 10.6. The molecule has 2 radical (unpaired) electrons. The zero-order valence-corrected chi connectivity index (χ0v) is 19.2. The highest BCUT2D eigenvalue weighted by atomic mass is 32.2. The molecule has 1 aliphatic carbocycles. The molecule has 1 saturated heterocycles. The summed E-state index contributed by atoms with van der Waals surface area (Å²) in [6.45, 7) is 2.70. The van der Waals surface area contributed by atoms with Crippen molar-refractivity contribution in [1.82, 2.24) is 9.80 Å². The molecule has 1 unspecified atom stereocenters. The van der Waals surface area contributed by atoms with Gasteiger partial charge in [0.25, 0.3) is 10.0 Å². The summed E-state index contributed by atoms with van der Waals surface area (Å²) in [5, 5.41) is 8.98. The quantitative estimate of drug-likeness (QED) is 0.429. The van der Waals surface area contributed by atoms with Gasteiger partial charge >= 0.3 is 0 Å². The topological polar surface area (TPSA) is 76.5 Å². The molecule has 1 aliphatic heterocycles. The van der Waals surface area contributed by atoms with Gasteiger partial charge in [0.05, 0.1) is 10.6 Å². The summed E-state index contributed by atoms with van der Waals surface area (Å²) < 4.78 is 28.7. The molecular weight excluding hydrogens is 407 g/mol. The third kappa shape index (κ3) is 4.37. The maximum absolute atomic E-state index is 13.0. The molecule has 0 amide bonds. The second-order valence-corrected chi connectivity index (χ2v) is 10.7. The standard InChI is InChI=1S/C23H29BN4O2S/c1-16-4-7-19(8-5-16)31(29,30)26-21-14-17(24)6-9-20(21)22(25)28-13-10-18(27(2)3)15-23(28)11-12-23/h4-9,14,18,25-26H,10-13,15H2,1-3H3. The molecule has 2 aromatic carbocycles. The first-order valence-corrected chi connectivity index (χ1v) is 12.1. The smallest absolute Gasteiger partial charge is 0.261 e. The van der Waals surface area contributed by atoms with Crippen molar-refractivity contribution in [3.63, 3.8) is 0 Å². The van der Waals surface area contributed by atoms with Crippen molar-refractivity contribution in [1.29, 1.82) is 5.41 Å². The molecule has 2 aliphatic rings. The minimum absolute atomic E-state index is 0.0127. The highest BCUT2D eigenvalue weighted by Crippen LogP contribution is 2.49. The van der Waals surface area contributed by atoms with Crippen molar-refractivity contribution >= 4 is 34.9 Å². The van der Waals surface area contributed by atoms with Gasteiger partial charge in [-0.3, -0.25) is 10.1 Å². The molecule has 8 heteroatoms. The summed E-state index contributed by atoms with van der Waals surface area (Å²) in [7, 11) is 6.40. The van der Waals surface area contributed by atoms with Crippen LogP contribution in [-0.4, -0.2) is 64.1 Å². The Hall–Kier alpha value is -2.32. The lowest BCUT2D eigenvalue weighted by atomic mass is 9.91. The van der Waals surface area contributed by atoms with E-state index in [1.54, 1.807) is 42.5 Å². The van der Waals surface area contributed by atoms with Crippen molar-refractivity contribution < 1.29 is 8.42 Å². The Morgan fingerprint density at radius 3 is 2.48 bits per heavy atom. The number of amidine groups is 1. The van der Waals surface area contributed by atoms with E-state index in [2.05, 4.69) is 28.6 Å². The Balaban J connectivity index is 1.63. The molecule has 0 aromatic heterocycles. The van der Waals surface area contributed by atoms with Gasteiger partial charge in [0.2, 0.25) is 0 Å². The fourth-order valence-corrected chi connectivity index (χ4v) is 5.56. The van der Waals surface area contributed by atoms with Crippen LogP contribution in [0.5, 0.6) is 0 Å². The normalized spacial score (nSPS) is 20.1. The molecule has 2 fully saturated rings. The SMILES string of the molecule is [B]c1ccc(C(=N)N2CCC(N(C)C)CC23CC3)c(NS(=O)(=O)c2ccc(C)cc2)c1. The molecule has 1 heterocycles. The lowest BCUT2D eigenvalue weighted by molar-refractivity contribution is 0.127. The lowest BCUT2D eigenvalue weighted by Crippen LogP contribution is -2.52. The summed E-state index contributed by atoms with van der Waals surface area (Å²) in [5.74, 6) is 0.358. The van der Waals surface area contributed by atoms with Crippen LogP contribution >= 0.6 is 0 Å². The molecule has 0 bridgehead atoms. The Kier molecular flexibility index (Phi) is 5.64. The molecule has 1 spiro atoms. The molecule has 31 heavy (non-hydrogen) atoms. The second-order valence-electron chi connectivity index (χ2n) is 9.06. The molecular formula is C23H29BN4O2S. The lowest BCUT2D eigenvalue weighted by Gasteiger charge is -2.44. The van der Waals surface area contributed by atoms with E-state index >= 15 is 0 Å². The maximum atomic E-state index is 13.0. The number of hydrogen-bond acceptors (Lipinski definition) is 4. The third-order valence-corrected chi connectivity index (χ3v) is 7.96. The van der Waals surface area contributed by atoms with Crippen molar-refractivity contribution in [3.8, 4) is 0 Å². The van der Waals surface area contributed by atoms with Gasteiger partial charge in [0.1, 0.15) is 13.7 Å². The summed E-state index contributed by atoms with van der Waals surface area (Å²) in [5.41, 5.74) is 2.35. The molecule has 2 aromatic rings. The number of nitrogens with zero attached hydrogens (tertiary/aromatic N) is 2. The molecule has 4 rings (SSSR count). The van der Waals surface area contributed by atoms with E-state index in [1.165, 1.54) is 0 Å². The summed E-state index contributed by atoms with van der Waals surface area (Å²) in [6, 6.07) is 12.3. The van der Waals surface area contributed by atoms with Gasteiger partial charge in [-0.25, -0.2) is 8.42 Å². The van der Waals surface area contributed by atoms with Crippen LogP contribution in [0.4, 0.5) is 5.69 Å². The van der Waals surface area contributed by atoms with Crippen LogP contribution in [0.3, 0.4) is 0 Å². The minimum Gasteiger partial charge on any atom is -0.351 e. The predicted octanol–water partition coefficient (Wildman–Crippen LogP) is 2.47. The van der Waals surface area contributed by atoms with Gasteiger partial charge in [0, 0.05) is 23.7 Å². The largest absolute Gasteiger partial charge is 0.351 e. The average molecular weight is 436 g/mol. The van der Waals surface area contributed by atoms with E-state index in [4.69, 9.17) is 13.3 Å². The van der Waals surface area contributed by atoms with Crippen molar-refractivity contribution in [2.45, 2.75) is 49.1 Å². The van der Waals surface area contributed by atoms with Gasteiger partial charge in [-0.15, -0.1) is 0 Å². The molecule has 162 valence electrons. The van der Waals surface area contributed by atoms with Crippen LogP contribution in [-0.2, 0) is 10.0 Å². The third-order valence-electron chi connectivity index (χ3n) is 6.58. The second kappa shape index (κ2) is 7.99. The van der Waals surface area contributed by atoms with Crippen LogP contribution in [0.1, 0.15) is 36.8 Å². The summed E-state index contributed by atoms with van der Waals surface area (Å²) in [4.78, 5) is 4.62. The van der Waals surface area contributed by atoms with Gasteiger partial charge < -0.3 is 9.80 Å². The van der Waals surface area contributed by atoms with E-state index in [0.717, 1.165) is 37.8 Å². The molecule has 6 nitrogen and oxygen atoms in total. The predicted molar refractivity (Wildman–Crippen MR) is 126 cm³/mol. The highest BCUT2D eigenvalue weighted by Gasteiger charge is 2.53. The highest BCUT2D eigenvalue weighted by molar-refractivity contribution is 7.92. The Morgan fingerprint density at radius 1 is 1.19 bits per heavy atom. The number of rotatable bonds is 5. The van der Waals surface area contributed by atoms with E-state index in [-0.39, 0.29) is 10.4 Å². The fourth-order valence-electron chi connectivity index (χ4n) is 4.49. The number of aryl methyl sites for hydroxylation is 1. The minimum atomic E-state index is -3.79. The number of likely N-dealkylation sites (tertiary alicyclic amines) is 1. The van der Waals surface area contributed by atoms with Crippen molar-refractivity contribution in [3.05, 3.63) is 53.6 Å². The van der Waals surface area contributed by atoms with E-state index in [0.29, 0.717) is 28.6 Å². The maximum Gasteiger partial charge on any atom is 0.261 e. The van der Waals surface area contributed by atoms with Crippen LogP contribution in [0.15, 0.2) is 47.4 Å². The zero-order valence-electron chi connectivity index (χ0n) is 18.4. The number of sulfonamides is 1. The Labute approximate surface area is 186 Å². The Bertz CT molecular complexity index is 1100. The van der Waals surface area contributed by atoms with Gasteiger partial charge in [0.15, 0.2) is 0 Å². The Morgan fingerprint density at radius 2 is 1.87 bits per heavy atom. The first kappa shape index (κ1) is 21.9. The number of anilines is 1. The van der Waals surface area contributed by atoms with E-state index in [1.807, 2.05) is 6.92 Å². The molecule has 1 saturated carbocycles. The van der Waals surface area contributed by atoms with Gasteiger partial charge in [-0.2, -0.15) is 0 Å². The molecule has 1 atom stereocenters. The monoisotopic (exact) mass is 436 g/mol. The van der Waals surface area contributed by atoms with Crippen LogP contribution in [0.25, 0.3) is 0 Å². The number of hydrogen-bond donors (Lipinski definition) is 2. The number of piperidine rings is 1. The van der Waals surface area contributed by atoms with Gasteiger partial charge in [-0.05, 0) is 71.0 Å². The van der Waals surface area contributed by atoms with E-state index in [9.17, 15) is 8.42 Å². The fraction of sp³-hybridized carbons (Fsp3) is 0.435. The number of benzene rings is 2. The van der Waals surface area contributed by atoms with Crippen molar-refractivity contribution in [2.75, 3.05) is 25.4 Å².